The van der Waals surface area contributed by atoms with Gasteiger partial charge < -0.3 is 9.84 Å². The average molecular weight is 517 g/mol. The number of fused-ring (bicyclic) bond motifs is 1. The summed E-state index contributed by atoms with van der Waals surface area (Å²) in [6.45, 7) is 0. The number of rotatable bonds is 4. The van der Waals surface area contributed by atoms with Gasteiger partial charge in [-0.25, -0.2) is 4.98 Å². The number of hydrogen-bond donors (Lipinski definition) is 1. The summed E-state index contributed by atoms with van der Waals surface area (Å²) < 4.78 is 5.95. The van der Waals surface area contributed by atoms with E-state index in [1.807, 2.05) is 17.5 Å². The quantitative estimate of drug-likeness (QED) is 0.195. The van der Waals surface area contributed by atoms with Crippen molar-refractivity contribution >= 4 is 78.7 Å². The Kier molecular flexibility index (Phi) is 5.62. The number of thiazole rings is 1. The Morgan fingerprint density at radius 1 is 1.15 bits per heavy atom. The van der Waals surface area contributed by atoms with Gasteiger partial charge in [0.1, 0.15) is 17.6 Å². The van der Waals surface area contributed by atoms with Crippen LogP contribution in [0.25, 0.3) is 16.0 Å². The molecule has 1 aliphatic heterocycles. The summed E-state index contributed by atoms with van der Waals surface area (Å²) in [4.78, 5) is 33.0. The molecule has 2 aromatic carbocycles. The summed E-state index contributed by atoms with van der Waals surface area (Å²) in [6.07, 6.45) is 0. The molecule has 1 aliphatic rings. The number of ketones is 1. The smallest absolute Gasteiger partial charge is 0.301 e. The van der Waals surface area contributed by atoms with Crippen LogP contribution < -0.4 is 9.64 Å². The molecule has 33 heavy (non-hydrogen) atoms. The number of Topliss-reactive ketones (excluding diaryl/α,β-unsaturated/α-hetero) is 1. The van der Waals surface area contributed by atoms with Gasteiger partial charge in [-0.15, -0.1) is 11.3 Å². The van der Waals surface area contributed by atoms with E-state index in [9.17, 15) is 14.7 Å². The standard InChI is InChI=1S/C23H14Cl2N2O4S2/c1-31-15-7-4-11(9-13(15)25)20(28)18-19(16-3-2-8-32-16)27(22(30)21(18)29)23-26-14-6-5-12(24)10-17(14)33-23/h2-10,19,28H,1H3/b20-18+. The molecule has 4 aromatic rings. The Morgan fingerprint density at radius 3 is 2.67 bits per heavy atom. The molecule has 0 spiro atoms. The van der Waals surface area contributed by atoms with Crippen molar-refractivity contribution in [3.63, 3.8) is 0 Å². The molecule has 0 radical (unpaired) electrons. The van der Waals surface area contributed by atoms with Gasteiger partial charge in [-0.2, -0.15) is 0 Å². The van der Waals surface area contributed by atoms with E-state index < -0.39 is 17.7 Å². The second kappa shape index (κ2) is 8.46. The molecule has 0 bridgehead atoms. The Balaban J connectivity index is 1.70. The van der Waals surface area contributed by atoms with Crippen molar-refractivity contribution in [2.75, 3.05) is 12.0 Å². The predicted octanol–water partition coefficient (Wildman–Crippen LogP) is 6.30. The number of methoxy groups -OCH3 is 1. The molecular formula is C23H14Cl2N2O4S2. The molecule has 0 aliphatic carbocycles. The number of nitrogens with zero attached hydrogens (tertiary/aromatic N) is 2. The Morgan fingerprint density at radius 2 is 1.97 bits per heavy atom. The Bertz CT molecular complexity index is 1450. The monoisotopic (exact) mass is 516 g/mol. The number of benzene rings is 2. The van der Waals surface area contributed by atoms with E-state index in [2.05, 4.69) is 4.98 Å². The maximum Gasteiger partial charge on any atom is 0.301 e. The number of thiophene rings is 1. The number of aromatic nitrogens is 1. The predicted molar refractivity (Wildman–Crippen MR) is 132 cm³/mol. The SMILES string of the molecule is COc1ccc(/C(O)=C2\C(=O)C(=O)N(c3nc4ccc(Cl)cc4s3)C2c2cccs2)cc1Cl. The fourth-order valence-electron chi connectivity index (χ4n) is 3.70. The lowest BCUT2D eigenvalue weighted by Gasteiger charge is -2.21. The second-order valence-electron chi connectivity index (χ2n) is 7.14. The molecule has 10 heteroatoms. The molecule has 1 N–H and O–H groups in total. The van der Waals surface area contributed by atoms with Crippen LogP contribution in [0.4, 0.5) is 5.13 Å². The summed E-state index contributed by atoms with van der Waals surface area (Å²) in [5.74, 6) is -1.45. The summed E-state index contributed by atoms with van der Waals surface area (Å²) in [7, 11) is 1.48. The molecule has 1 fully saturated rings. The number of amides is 1. The first kappa shape index (κ1) is 21.9. The van der Waals surface area contributed by atoms with E-state index in [4.69, 9.17) is 27.9 Å². The largest absolute Gasteiger partial charge is 0.507 e. The first-order valence-corrected chi connectivity index (χ1v) is 12.1. The molecule has 166 valence electrons. The Hall–Kier alpha value is -2.91. The molecule has 2 aromatic heterocycles. The van der Waals surface area contributed by atoms with Gasteiger partial charge in [0.2, 0.25) is 0 Å². The Labute approximate surface area is 206 Å². The highest BCUT2D eigenvalue weighted by Crippen LogP contribution is 2.46. The van der Waals surface area contributed by atoms with Gasteiger partial charge in [-0.05, 0) is 47.8 Å². The van der Waals surface area contributed by atoms with E-state index in [0.29, 0.717) is 31.9 Å². The second-order valence-corrected chi connectivity index (χ2v) is 9.97. The number of carbonyl (C=O) groups excluding carboxylic acids is 2. The van der Waals surface area contributed by atoms with Crippen LogP contribution in [0.3, 0.4) is 0 Å². The highest BCUT2D eigenvalue weighted by molar-refractivity contribution is 7.22. The minimum Gasteiger partial charge on any atom is -0.507 e. The van der Waals surface area contributed by atoms with Crippen LogP contribution in [-0.2, 0) is 9.59 Å². The normalized spacial score (nSPS) is 17.8. The summed E-state index contributed by atoms with van der Waals surface area (Å²) >= 11 is 15.0. The number of carbonyl (C=O) groups is 2. The van der Waals surface area contributed by atoms with E-state index >= 15 is 0 Å². The summed E-state index contributed by atoms with van der Waals surface area (Å²) in [6, 6.07) is 12.7. The third kappa shape index (κ3) is 3.69. The minimum absolute atomic E-state index is 0.0269. The van der Waals surface area contributed by atoms with E-state index in [1.54, 1.807) is 30.3 Å². The van der Waals surface area contributed by atoms with Gasteiger partial charge in [0.25, 0.3) is 5.78 Å². The summed E-state index contributed by atoms with van der Waals surface area (Å²) in [5, 5.41) is 14.2. The highest BCUT2D eigenvalue weighted by Gasteiger charge is 2.48. The fourth-order valence-corrected chi connectivity index (χ4v) is 6.05. The number of hydrogen-bond acceptors (Lipinski definition) is 7. The van der Waals surface area contributed by atoms with Crippen LogP contribution >= 0.6 is 45.9 Å². The maximum atomic E-state index is 13.2. The molecule has 0 saturated carbocycles. The zero-order chi connectivity index (χ0) is 23.3. The van der Waals surface area contributed by atoms with Crippen LogP contribution in [0.15, 0.2) is 59.5 Å². The van der Waals surface area contributed by atoms with Crippen molar-refractivity contribution in [1.82, 2.24) is 4.98 Å². The number of aliphatic hydroxyl groups excluding tert-OH is 1. The van der Waals surface area contributed by atoms with Crippen molar-refractivity contribution < 1.29 is 19.4 Å². The van der Waals surface area contributed by atoms with Gasteiger partial charge >= 0.3 is 5.91 Å². The van der Waals surface area contributed by atoms with Crippen molar-refractivity contribution in [2.24, 2.45) is 0 Å². The molecular weight excluding hydrogens is 503 g/mol. The lowest BCUT2D eigenvalue weighted by molar-refractivity contribution is -0.132. The van der Waals surface area contributed by atoms with E-state index in [0.717, 1.165) is 4.70 Å². The van der Waals surface area contributed by atoms with Crippen molar-refractivity contribution in [3.8, 4) is 5.75 Å². The number of ether oxygens (including phenoxy) is 1. The van der Waals surface area contributed by atoms with E-state index in [-0.39, 0.29) is 16.4 Å². The lowest BCUT2D eigenvalue weighted by atomic mass is 10.00. The van der Waals surface area contributed by atoms with Crippen LogP contribution in [0.1, 0.15) is 16.5 Å². The molecule has 1 unspecified atom stereocenters. The van der Waals surface area contributed by atoms with Crippen molar-refractivity contribution in [2.45, 2.75) is 6.04 Å². The van der Waals surface area contributed by atoms with Gasteiger partial charge in [0.05, 0.1) is 27.9 Å². The van der Waals surface area contributed by atoms with Crippen LogP contribution in [0.5, 0.6) is 5.75 Å². The lowest BCUT2D eigenvalue weighted by Crippen LogP contribution is -2.28. The first-order chi connectivity index (χ1) is 15.9. The summed E-state index contributed by atoms with van der Waals surface area (Å²) in [5.41, 5.74) is 0.936. The third-order valence-corrected chi connectivity index (χ3v) is 7.70. The molecule has 1 saturated heterocycles. The maximum absolute atomic E-state index is 13.2. The molecule has 6 nitrogen and oxygen atoms in total. The molecule has 1 amide bonds. The topological polar surface area (TPSA) is 79.7 Å². The first-order valence-electron chi connectivity index (χ1n) is 9.63. The highest BCUT2D eigenvalue weighted by atomic mass is 35.5. The average Bonchev–Trinajstić information content (AvgIpc) is 3.52. The van der Waals surface area contributed by atoms with Crippen LogP contribution in [-0.4, -0.2) is 28.9 Å². The van der Waals surface area contributed by atoms with Crippen LogP contribution in [0, 0.1) is 0 Å². The van der Waals surface area contributed by atoms with Crippen molar-refractivity contribution in [3.05, 3.63) is 80.0 Å². The van der Waals surface area contributed by atoms with Crippen molar-refractivity contribution in [1.29, 1.82) is 0 Å². The zero-order valence-corrected chi connectivity index (χ0v) is 20.1. The molecule has 3 heterocycles. The molecule has 5 rings (SSSR count). The van der Waals surface area contributed by atoms with E-state index in [1.165, 1.54) is 40.7 Å². The van der Waals surface area contributed by atoms with Gasteiger partial charge in [-0.1, -0.05) is 40.6 Å². The minimum atomic E-state index is -0.832. The number of aliphatic hydroxyl groups is 1. The third-order valence-electron chi connectivity index (χ3n) is 5.23. The molecule has 1 atom stereocenters. The van der Waals surface area contributed by atoms with Gasteiger partial charge in [0, 0.05) is 15.5 Å². The number of anilines is 1. The fraction of sp³-hybridized carbons (Fsp3) is 0.0870. The van der Waals surface area contributed by atoms with Crippen LogP contribution in [0.2, 0.25) is 10.0 Å². The van der Waals surface area contributed by atoms with Gasteiger partial charge in [-0.3, -0.25) is 14.5 Å². The van der Waals surface area contributed by atoms with Gasteiger partial charge in [0.15, 0.2) is 5.13 Å². The zero-order valence-electron chi connectivity index (χ0n) is 16.9. The number of halogens is 2.